The number of unbranched alkanes of at least 4 members (excludes halogenated alkanes) is 2. The number of aromatic nitrogens is 2. The number of amides is 2. The van der Waals surface area contributed by atoms with Gasteiger partial charge in [-0.05, 0) is 43.4 Å². The van der Waals surface area contributed by atoms with Gasteiger partial charge in [-0.1, -0.05) is 60.6 Å². The van der Waals surface area contributed by atoms with Gasteiger partial charge in [0.1, 0.15) is 0 Å². The first-order chi connectivity index (χ1) is 16.5. The van der Waals surface area contributed by atoms with Crippen LogP contribution in [0, 0.1) is 0 Å². The molecule has 1 saturated carbocycles. The number of hydrogen-bond donors (Lipinski definition) is 2. The van der Waals surface area contributed by atoms with Crippen LogP contribution in [0.3, 0.4) is 0 Å². The zero-order chi connectivity index (χ0) is 24.0. The Morgan fingerprint density at radius 3 is 2.50 bits per heavy atom. The molecule has 0 aliphatic heterocycles. The molecule has 0 bridgehead atoms. The third kappa shape index (κ3) is 5.86. The van der Waals surface area contributed by atoms with E-state index in [1.807, 2.05) is 36.4 Å². The van der Waals surface area contributed by atoms with Crippen LogP contribution in [-0.2, 0) is 21.5 Å². The fraction of sp³-hybridized carbons (Fsp3) is 0.385. The van der Waals surface area contributed by atoms with Crippen LogP contribution in [0.25, 0.3) is 10.9 Å². The lowest BCUT2D eigenvalue weighted by Gasteiger charge is -2.17. The lowest BCUT2D eigenvalue weighted by atomic mass is 9.96. The van der Waals surface area contributed by atoms with Gasteiger partial charge < -0.3 is 11.1 Å². The normalized spacial score (nSPS) is 14.1. The monoisotopic (exact) mass is 478 g/mol. The number of hydrogen-bond acceptors (Lipinski definition) is 5. The highest BCUT2D eigenvalue weighted by Crippen LogP contribution is 2.47. The molecule has 2 amide bonds. The highest BCUT2D eigenvalue weighted by molar-refractivity contribution is 7.99. The summed E-state index contributed by atoms with van der Waals surface area (Å²) in [6, 6.07) is 17.6. The fourth-order valence-corrected chi connectivity index (χ4v) is 5.02. The number of benzene rings is 2. The van der Waals surface area contributed by atoms with Gasteiger partial charge in [-0.25, -0.2) is 4.98 Å². The number of fused-ring (bicyclic) bond motifs is 1. The summed E-state index contributed by atoms with van der Waals surface area (Å²) in [5.74, 6) is -0.188. The molecule has 3 N–H and O–H groups in total. The largest absolute Gasteiger partial charge is 0.370 e. The fourth-order valence-electron chi connectivity index (χ4n) is 4.16. The van der Waals surface area contributed by atoms with Crippen LogP contribution in [0.2, 0.25) is 0 Å². The first kappa shape index (κ1) is 24.0. The second kappa shape index (κ2) is 10.9. The summed E-state index contributed by atoms with van der Waals surface area (Å²) in [5, 5.41) is 4.18. The van der Waals surface area contributed by atoms with E-state index < -0.39 is 0 Å². The predicted molar refractivity (Wildman–Crippen MR) is 135 cm³/mol. The van der Waals surface area contributed by atoms with Gasteiger partial charge in [-0.15, -0.1) is 0 Å². The molecular weight excluding hydrogens is 448 g/mol. The van der Waals surface area contributed by atoms with Gasteiger partial charge >= 0.3 is 0 Å². The van der Waals surface area contributed by atoms with E-state index in [-0.39, 0.29) is 28.5 Å². The molecule has 1 aliphatic rings. The summed E-state index contributed by atoms with van der Waals surface area (Å²) < 4.78 is 1.65. The minimum Gasteiger partial charge on any atom is -0.370 e. The molecule has 2 aromatic carbocycles. The van der Waals surface area contributed by atoms with Crippen LogP contribution in [-0.4, -0.2) is 33.7 Å². The van der Waals surface area contributed by atoms with Crippen LogP contribution in [0.5, 0.6) is 0 Å². The van der Waals surface area contributed by atoms with Crippen molar-refractivity contribution in [3.8, 4) is 0 Å². The lowest BCUT2D eigenvalue weighted by molar-refractivity contribution is -0.119. The molecule has 1 aromatic heterocycles. The van der Waals surface area contributed by atoms with Gasteiger partial charge in [0.15, 0.2) is 5.16 Å². The molecule has 4 rings (SSSR count). The Balaban J connectivity index is 1.40. The molecule has 1 fully saturated rings. The number of primary amides is 1. The van der Waals surface area contributed by atoms with E-state index in [0.29, 0.717) is 42.0 Å². The molecule has 178 valence electrons. The number of nitrogens with one attached hydrogen (secondary N) is 1. The molecule has 1 aliphatic carbocycles. The number of nitrogens with two attached hydrogens (primary N) is 1. The zero-order valence-corrected chi connectivity index (χ0v) is 20.0. The van der Waals surface area contributed by atoms with Crippen LogP contribution in [0.1, 0.15) is 44.1 Å². The number of rotatable bonds is 12. The molecule has 0 radical (unpaired) electrons. The number of thioether (sulfide) groups is 1. The molecule has 3 aromatic rings. The van der Waals surface area contributed by atoms with Gasteiger partial charge in [0.05, 0.1) is 16.7 Å². The minimum absolute atomic E-state index is 0.0514. The highest BCUT2D eigenvalue weighted by Gasteiger charge is 2.44. The van der Waals surface area contributed by atoms with Crippen LogP contribution in [0.15, 0.2) is 64.5 Å². The zero-order valence-electron chi connectivity index (χ0n) is 19.2. The van der Waals surface area contributed by atoms with Gasteiger partial charge in [0.2, 0.25) is 11.8 Å². The van der Waals surface area contributed by atoms with E-state index in [9.17, 15) is 14.4 Å². The maximum Gasteiger partial charge on any atom is 0.262 e. The number of para-hydroxylation sites is 1. The van der Waals surface area contributed by atoms with Crippen molar-refractivity contribution in [2.75, 3.05) is 12.3 Å². The van der Waals surface area contributed by atoms with Crippen molar-refractivity contribution >= 4 is 34.5 Å². The first-order valence-corrected chi connectivity index (χ1v) is 12.7. The molecule has 8 heteroatoms. The van der Waals surface area contributed by atoms with E-state index >= 15 is 0 Å². The van der Waals surface area contributed by atoms with Gasteiger partial charge in [-0.3, -0.25) is 19.0 Å². The van der Waals surface area contributed by atoms with E-state index in [1.165, 1.54) is 17.3 Å². The smallest absolute Gasteiger partial charge is 0.262 e. The average molecular weight is 479 g/mol. The summed E-state index contributed by atoms with van der Waals surface area (Å²) in [7, 11) is 0. The molecule has 1 heterocycles. The SMILES string of the molecule is NC(=O)CCCCCn1c(SCC(=O)NCC2(c3ccccc3)CC2)nc2ccccc2c1=O. The molecule has 34 heavy (non-hydrogen) atoms. The van der Waals surface area contributed by atoms with Crippen molar-refractivity contribution in [1.82, 2.24) is 14.9 Å². The highest BCUT2D eigenvalue weighted by atomic mass is 32.2. The van der Waals surface area contributed by atoms with Crippen molar-refractivity contribution in [3.05, 3.63) is 70.5 Å². The van der Waals surface area contributed by atoms with Crippen LogP contribution >= 0.6 is 11.8 Å². The number of carbonyl (C=O) groups excluding carboxylic acids is 2. The molecular formula is C26H30N4O3S. The summed E-state index contributed by atoms with van der Waals surface area (Å²) in [5.41, 5.74) is 7.05. The second-order valence-corrected chi connectivity index (χ2v) is 9.80. The second-order valence-electron chi connectivity index (χ2n) is 8.86. The van der Waals surface area contributed by atoms with Gasteiger partial charge in [0, 0.05) is 24.9 Å². The summed E-state index contributed by atoms with van der Waals surface area (Å²) >= 11 is 1.29. The van der Waals surface area contributed by atoms with E-state index in [1.54, 1.807) is 10.6 Å². The topological polar surface area (TPSA) is 107 Å². The Morgan fingerprint density at radius 1 is 1.03 bits per heavy atom. The summed E-state index contributed by atoms with van der Waals surface area (Å²) in [6.45, 7) is 1.10. The molecule has 0 spiro atoms. The minimum atomic E-state index is -0.313. The Labute approximate surface area is 203 Å². The molecule has 0 atom stereocenters. The quantitative estimate of drug-likeness (QED) is 0.236. The maximum absolute atomic E-state index is 13.1. The molecule has 0 saturated heterocycles. The third-order valence-corrected chi connectivity index (χ3v) is 7.30. The standard InChI is InChI=1S/C26H30N4O3S/c27-22(31)13-5-2-8-16-30-24(33)20-11-6-7-12-21(20)29-25(30)34-17-23(32)28-18-26(14-15-26)19-9-3-1-4-10-19/h1,3-4,6-7,9-12H,2,5,8,13-18H2,(H2,27,31)(H,28,32). The lowest BCUT2D eigenvalue weighted by Crippen LogP contribution is -2.33. The number of nitrogens with zero attached hydrogens (tertiary/aromatic N) is 2. The van der Waals surface area contributed by atoms with E-state index in [0.717, 1.165) is 25.7 Å². The van der Waals surface area contributed by atoms with Crippen molar-refractivity contribution < 1.29 is 9.59 Å². The van der Waals surface area contributed by atoms with Crippen molar-refractivity contribution in [3.63, 3.8) is 0 Å². The van der Waals surface area contributed by atoms with Crippen LogP contribution < -0.4 is 16.6 Å². The van der Waals surface area contributed by atoms with Crippen LogP contribution in [0.4, 0.5) is 0 Å². The maximum atomic E-state index is 13.1. The van der Waals surface area contributed by atoms with E-state index in [2.05, 4.69) is 22.4 Å². The van der Waals surface area contributed by atoms with Crippen molar-refractivity contribution in [2.45, 2.75) is 55.6 Å². The summed E-state index contributed by atoms with van der Waals surface area (Å²) in [6.07, 6.45) is 4.70. The van der Waals surface area contributed by atoms with Crippen molar-refractivity contribution in [1.29, 1.82) is 0 Å². The van der Waals surface area contributed by atoms with E-state index in [4.69, 9.17) is 5.73 Å². The van der Waals surface area contributed by atoms with Crippen molar-refractivity contribution in [2.24, 2.45) is 5.73 Å². The molecule has 7 nitrogen and oxygen atoms in total. The number of carbonyl (C=O) groups is 2. The molecule has 0 unspecified atom stereocenters. The van der Waals surface area contributed by atoms with Gasteiger partial charge in [0.25, 0.3) is 5.56 Å². The Morgan fingerprint density at radius 2 is 1.76 bits per heavy atom. The summed E-state index contributed by atoms with van der Waals surface area (Å²) in [4.78, 5) is 41.4. The Bertz CT molecular complexity index is 1220. The Hall–Kier alpha value is -3.13. The first-order valence-electron chi connectivity index (χ1n) is 11.7. The third-order valence-electron chi connectivity index (χ3n) is 6.33. The van der Waals surface area contributed by atoms with Gasteiger partial charge in [-0.2, -0.15) is 0 Å². The predicted octanol–water partition coefficient (Wildman–Crippen LogP) is 3.38. The Kier molecular flexibility index (Phi) is 7.67. The average Bonchev–Trinajstić information content (AvgIpc) is 3.64.